The van der Waals surface area contributed by atoms with Gasteiger partial charge in [0.25, 0.3) is 0 Å². The number of hydrogen-bond donors (Lipinski definition) is 1. The van der Waals surface area contributed by atoms with Crippen LogP contribution in [0.1, 0.15) is 97.8 Å². The zero-order valence-corrected chi connectivity index (χ0v) is 15.0. The molecule has 126 valence electrons. The molecule has 2 heteroatoms. The molecule has 0 radical (unpaired) electrons. The van der Waals surface area contributed by atoms with E-state index in [4.69, 9.17) is 5.73 Å². The van der Waals surface area contributed by atoms with Gasteiger partial charge in [0, 0.05) is 11.6 Å². The minimum absolute atomic E-state index is 0.314. The molecule has 21 heavy (non-hydrogen) atoms. The maximum absolute atomic E-state index is 6.67. The van der Waals surface area contributed by atoms with Crippen LogP contribution in [-0.2, 0) is 0 Å². The fourth-order valence-corrected chi connectivity index (χ4v) is 4.23. The van der Waals surface area contributed by atoms with E-state index in [9.17, 15) is 0 Å². The average molecular weight is 297 g/mol. The second-order valence-electron chi connectivity index (χ2n) is 7.05. The number of unbranched alkanes of at least 4 members (excludes halogenated alkanes) is 6. The van der Waals surface area contributed by atoms with Gasteiger partial charge in [0.1, 0.15) is 0 Å². The first-order valence-electron chi connectivity index (χ1n) is 9.71. The largest absolute Gasteiger partial charge is 0.326 e. The SMILES string of the molecule is CCCCCCC1(CCCCCC)C(N)CCCN1CC. The Hall–Kier alpha value is -0.0800. The highest BCUT2D eigenvalue weighted by Crippen LogP contribution is 2.36. The molecule has 0 bridgehead atoms. The third-order valence-electron chi connectivity index (χ3n) is 5.57. The van der Waals surface area contributed by atoms with Gasteiger partial charge >= 0.3 is 0 Å². The van der Waals surface area contributed by atoms with Crippen molar-refractivity contribution >= 4 is 0 Å². The number of likely N-dealkylation sites (tertiary alicyclic amines) is 1. The van der Waals surface area contributed by atoms with E-state index < -0.39 is 0 Å². The monoisotopic (exact) mass is 296 g/mol. The third kappa shape index (κ3) is 5.56. The van der Waals surface area contributed by atoms with Crippen LogP contribution in [0.5, 0.6) is 0 Å². The lowest BCUT2D eigenvalue weighted by Gasteiger charge is -2.51. The Balaban J connectivity index is 2.64. The van der Waals surface area contributed by atoms with Crippen LogP contribution in [0.4, 0.5) is 0 Å². The molecular weight excluding hydrogens is 256 g/mol. The van der Waals surface area contributed by atoms with Crippen molar-refractivity contribution in [2.75, 3.05) is 13.1 Å². The van der Waals surface area contributed by atoms with E-state index >= 15 is 0 Å². The molecule has 1 rings (SSSR count). The van der Waals surface area contributed by atoms with Crippen molar-refractivity contribution in [3.05, 3.63) is 0 Å². The Bertz CT molecular complexity index is 240. The van der Waals surface area contributed by atoms with E-state index in [2.05, 4.69) is 25.7 Å². The van der Waals surface area contributed by atoms with E-state index in [1.165, 1.54) is 90.1 Å². The van der Waals surface area contributed by atoms with Crippen LogP contribution in [-0.4, -0.2) is 29.6 Å². The van der Waals surface area contributed by atoms with E-state index in [0.29, 0.717) is 11.6 Å². The summed E-state index contributed by atoms with van der Waals surface area (Å²) < 4.78 is 0. The third-order valence-corrected chi connectivity index (χ3v) is 5.57. The maximum Gasteiger partial charge on any atom is 0.0360 e. The number of rotatable bonds is 11. The van der Waals surface area contributed by atoms with E-state index in [1.54, 1.807) is 0 Å². The molecule has 2 nitrogen and oxygen atoms in total. The Morgan fingerprint density at radius 1 is 0.905 bits per heavy atom. The van der Waals surface area contributed by atoms with Crippen LogP contribution in [0.25, 0.3) is 0 Å². The molecule has 0 spiro atoms. The summed E-state index contributed by atoms with van der Waals surface area (Å²) in [5.74, 6) is 0. The lowest BCUT2D eigenvalue weighted by atomic mass is 9.74. The zero-order chi connectivity index (χ0) is 15.6. The predicted molar refractivity (Wildman–Crippen MR) is 94.7 cm³/mol. The summed E-state index contributed by atoms with van der Waals surface area (Å²) in [5.41, 5.74) is 6.98. The molecule has 1 fully saturated rings. The van der Waals surface area contributed by atoms with Crippen LogP contribution in [0.3, 0.4) is 0 Å². The lowest BCUT2D eigenvalue weighted by molar-refractivity contribution is 0.0134. The number of nitrogens with two attached hydrogens (primary N) is 1. The van der Waals surface area contributed by atoms with Crippen molar-refractivity contribution in [3.8, 4) is 0 Å². The fourth-order valence-electron chi connectivity index (χ4n) is 4.23. The molecule has 1 aliphatic heterocycles. The van der Waals surface area contributed by atoms with Crippen molar-refractivity contribution in [2.45, 2.75) is 109 Å². The first-order chi connectivity index (χ1) is 10.2. The van der Waals surface area contributed by atoms with Gasteiger partial charge in [-0.1, -0.05) is 72.1 Å². The standard InChI is InChI=1S/C19H40N2/c1-4-7-9-11-15-19(16-12-10-8-5-2)18(20)14-13-17-21(19)6-3/h18H,4-17,20H2,1-3H3. The van der Waals surface area contributed by atoms with Gasteiger partial charge in [-0.2, -0.15) is 0 Å². The second kappa shape index (κ2) is 10.6. The molecule has 0 aromatic carbocycles. The summed E-state index contributed by atoms with van der Waals surface area (Å²) in [4.78, 5) is 2.74. The Morgan fingerprint density at radius 3 is 1.95 bits per heavy atom. The van der Waals surface area contributed by atoms with Crippen LogP contribution >= 0.6 is 0 Å². The molecule has 0 amide bonds. The van der Waals surface area contributed by atoms with Crippen LogP contribution in [0.15, 0.2) is 0 Å². The van der Waals surface area contributed by atoms with Crippen molar-refractivity contribution in [2.24, 2.45) is 5.73 Å². The van der Waals surface area contributed by atoms with Crippen molar-refractivity contribution in [1.29, 1.82) is 0 Å². The summed E-state index contributed by atoms with van der Waals surface area (Å²) in [6.45, 7) is 9.36. The summed E-state index contributed by atoms with van der Waals surface area (Å²) in [7, 11) is 0. The number of nitrogens with zero attached hydrogens (tertiary/aromatic N) is 1. The van der Waals surface area contributed by atoms with E-state index in [-0.39, 0.29) is 0 Å². The highest BCUT2D eigenvalue weighted by atomic mass is 15.2. The molecule has 0 saturated carbocycles. The molecule has 0 aliphatic carbocycles. The van der Waals surface area contributed by atoms with Gasteiger partial charge < -0.3 is 5.73 Å². The second-order valence-corrected chi connectivity index (χ2v) is 7.05. The highest BCUT2D eigenvalue weighted by Gasteiger charge is 2.42. The Labute approximate surface area is 133 Å². The molecule has 1 unspecified atom stereocenters. The van der Waals surface area contributed by atoms with Crippen LogP contribution in [0, 0.1) is 0 Å². The first kappa shape index (κ1) is 19.0. The molecular formula is C19H40N2. The minimum atomic E-state index is 0.314. The molecule has 1 heterocycles. The number of piperidine rings is 1. The Morgan fingerprint density at radius 2 is 1.48 bits per heavy atom. The van der Waals surface area contributed by atoms with Gasteiger partial charge in [-0.3, -0.25) is 4.90 Å². The predicted octanol–water partition coefficient (Wildman–Crippen LogP) is 5.11. The Kier molecular flexibility index (Phi) is 9.59. The maximum atomic E-state index is 6.67. The van der Waals surface area contributed by atoms with E-state index in [0.717, 1.165) is 0 Å². The van der Waals surface area contributed by atoms with Crippen molar-refractivity contribution in [3.63, 3.8) is 0 Å². The van der Waals surface area contributed by atoms with E-state index in [1.807, 2.05) is 0 Å². The first-order valence-corrected chi connectivity index (χ1v) is 9.71. The smallest absolute Gasteiger partial charge is 0.0360 e. The van der Waals surface area contributed by atoms with Gasteiger partial charge in [0.05, 0.1) is 0 Å². The topological polar surface area (TPSA) is 29.3 Å². The van der Waals surface area contributed by atoms with Gasteiger partial charge in [0.2, 0.25) is 0 Å². The number of hydrogen-bond acceptors (Lipinski definition) is 2. The molecule has 1 aliphatic rings. The molecule has 1 saturated heterocycles. The van der Waals surface area contributed by atoms with Gasteiger partial charge in [-0.25, -0.2) is 0 Å². The minimum Gasteiger partial charge on any atom is -0.326 e. The molecule has 0 aromatic heterocycles. The van der Waals surface area contributed by atoms with Gasteiger partial charge in [0.15, 0.2) is 0 Å². The molecule has 2 N–H and O–H groups in total. The molecule has 0 aromatic rings. The molecule has 1 atom stereocenters. The van der Waals surface area contributed by atoms with Crippen molar-refractivity contribution < 1.29 is 0 Å². The zero-order valence-electron chi connectivity index (χ0n) is 15.0. The normalized spacial score (nSPS) is 22.6. The van der Waals surface area contributed by atoms with Crippen LogP contribution in [0.2, 0.25) is 0 Å². The lowest BCUT2D eigenvalue weighted by Crippen LogP contribution is -2.63. The summed E-state index contributed by atoms with van der Waals surface area (Å²) >= 11 is 0. The number of likely N-dealkylation sites (N-methyl/N-ethyl adjacent to an activating group) is 1. The summed E-state index contributed by atoms with van der Waals surface area (Å²) in [6.07, 6.45) is 16.1. The van der Waals surface area contributed by atoms with Crippen molar-refractivity contribution in [1.82, 2.24) is 4.90 Å². The fraction of sp³-hybridized carbons (Fsp3) is 1.00. The van der Waals surface area contributed by atoms with Crippen LogP contribution < -0.4 is 5.73 Å². The van der Waals surface area contributed by atoms with Gasteiger partial charge in [-0.05, 0) is 38.8 Å². The summed E-state index contributed by atoms with van der Waals surface area (Å²) in [5, 5.41) is 0. The quantitative estimate of drug-likeness (QED) is 0.537. The van der Waals surface area contributed by atoms with Gasteiger partial charge in [-0.15, -0.1) is 0 Å². The summed E-state index contributed by atoms with van der Waals surface area (Å²) in [6, 6.07) is 0.398. The average Bonchev–Trinajstić information content (AvgIpc) is 2.50. The highest BCUT2D eigenvalue weighted by molar-refractivity contribution is 5.01.